The van der Waals surface area contributed by atoms with Gasteiger partial charge in [-0.3, -0.25) is 0 Å². The van der Waals surface area contributed by atoms with Crippen molar-refractivity contribution in [1.29, 1.82) is 0 Å². The third kappa shape index (κ3) is 3.39. The van der Waals surface area contributed by atoms with Crippen molar-refractivity contribution in [3.63, 3.8) is 0 Å². The SMILES string of the molecule is COc1cc(OC)c(OC)cc1/C=C1\N=C(c2ccc(C)cc2)OC1=O. The second-order valence-electron chi connectivity index (χ2n) is 5.65. The highest BCUT2D eigenvalue weighted by Gasteiger charge is 2.25. The Kier molecular flexibility index (Phi) is 4.93. The van der Waals surface area contributed by atoms with Gasteiger partial charge in [0.05, 0.1) is 21.3 Å². The maximum Gasteiger partial charge on any atom is 0.363 e. The third-order valence-corrected chi connectivity index (χ3v) is 3.95. The molecule has 0 fully saturated rings. The van der Waals surface area contributed by atoms with E-state index in [0.29, 0.717) is 22.8 Å². The molecule has 0 aliphatic carbocycles. The van der Waals surface area contributed by atoms with Gasteiger partial charge in [-0.2, -0.15) is 0 Å². The Labute approximate surface area is 151 Å². The summed E-state index contributed by atoms with van der Waals surface area (Å²) in [7, 11) is 4.62. The summed E-state index contributed by atoms with van der Waals surface area (Å²) < 4.78 is 21.2. The lowest BCUT2D eigenvalue weighted by Gasteiger charge is -2.12. The van der Waals surface area contributed by atoms with Crippen LogP contribution in [0.25, 0.3) is 6.08 Å². The summed E-state index contributed by atoms with van der Waals surface area (Å²) in [6.45, 7) is 1.99. The van der Waals surface area contributed by atoms with Gasteiger partial charge in [-0.1, -0.05) is 17.7 Å². The number of carbonyl (C=O) groups is 1. The Balaban J connectivity index is 2.01. The number of ether oxygens (including phenoxy) is 4. The van der Waals surface area contributed by atoms with Crippen molar-refractivity contribution in [2.24, 2.45) is 4.99 Å². The van der Waals surface area contributed by atoms with E-state index in [4.69, 9.17) is 18.9 Å². The molecule has 0 radical (unpaired) electrons. The number of aliphatic imine (C=N–C) groups is 1. The quantitative estimate of drug-likeness (QED) is 0.609. The fourth-order valence-electron chi connectivity index (χ4n) is 2.54. The van der Waals surface area contributed by atoms with Crippen LogP contribution in [0.4, 0.5) is 0 Å². The monoisotopic (exact) mass is 353 g/mol. The lowest BCUT2D eigenvalue weighted by atomic mass is 10.1. The molecule has 3 rings (SSSR count). The summed E-state index contributed by atoms with van der Waals surface area (Å²) in [4.78, 5) is 16.5. The first-order chi connectivity index (χ1) is 12.5. The van der Waals surface area contributed by atoms with Gasteiger partial charge in [-0.15, -0.1) is 0 Å². The second-order valence-corrected chi connectivity index (χ2v) is 5.65. The van der Waals surface area contributed by atoms with E-state index >= 15 is 0 Å². The number of benzene rings is 2. The number of nitrogens with zero attached hydrogens (tertiary/aromatic N) is 1. The third-order valence-electron chi connectivity index (χ3n) is 3.95. The van der Waals surface area contributed by atoms with E-state index in [1.165, 1.54) is 7.11 Å². The van der Waals surface area contributed by atoms with Crippen LogP contribution in [0, 0.1) is 6.92 Å². The van der Waals surface area contributed by atoms with Gasteiger partial charge in [0.25, 0.3) is 0 Å². The molecule has 2 aromatic carbocycles. The highest BCUT2D eigenvalue weighted by Crippen LogP contribution is 2.36. The summed E-state index contributed by atoms with van der Waals surface area (Å²) in [5, 5.41) is 0. The topological polar surface area (TPSA) is 66.3 Å². The summed E-state index contributed by atoms with van der Waals surface area (Å²) in [5.74, 6) is 1.35. The Hall–Kier alpha value is -3.28. The van der Waals surface area contributed by atoms with E-state index in [9.17, 15) is 4.79 Å². The molecule has 1 heterocycles. The number of carbonyl (C=O) groups excluding carboxylic acids is 1. The zero-order valence-corrected chi connectivity index (χ0v) is 15.0. The highest BCUT2D eigenvalue weighted by atomic mass is 16.6. The number of hydrogen-bond acceptors (Lipinski definition) is 6. The molecule has 1 aliphatic heterocycles. The molecule has 0 saturated heterocycles. The summed E-state index contributed by atoms with van der Waals surface area (Å²) >= 11 is 0. The van der Waals surface area contributed by atoms with Crippen molar-refractivity contribution in [2.75, 3.05) is 21.3 Å². The Morgan fingerprint density at radius 3 is 2.15 bits per heavy atom. The molecule has 0 bridgehead atoms. The molecular formula is C20H19NO5. The van der Waals surface area contributed by atoms with Crippen LogP contribution >= 0.6 is 0 Å². The molecule has 0 amide bonds. The predicted molar refractivity (Wildman–Crippen MR) is 97.9 cm³/mol. The van der Waals surface area contributed by atoms with E-state index in [0.717, 1.165) is 11.1 Å². The van der Waals surface area contributed by atoms with Crippen molar-refractivity contribution < 1.29 is 23.7 Å². The molecule has 0 N–H and O–H groups in total. The van der Waals surface area contributed by atoms with Gasteiger partial charge < -0.3 is 18.9 Å². The van der Waals surface area contributed by atoms with E-state index in [-0.39, 0.29) is 11.6 Å². The molecule has 134 valence electrons. The average molecular weight is 353 g/mol. The van der Waals surface area contributed by atoms with Crippen molar-refractivity contribution in [2.45, 2.75) is 6.92 Å². The Morgan fingerprint density at radius 2 is 1.54 bits per heavy atom. The summed E-state index contributed by atoms with van der Waals surface area (Å²) in [5.41, 5.74) is 2.67. The molecule has 1 aliphatic rings. The van der Waals surface area contributed by atoms with Crippen LogP contribution in [0.1, 0.15) is 16.7 Å². The van der Waals surface area contributed by atoms with E-state index < -0.39 is 5.97 Å². The molecule has 6 heteroatoms. The van der Waals surface area contributed by atoms with Crippen molar-refractivity contribution in [1.82, 2.24) is 0 Å². The first-order valence-electron chi connectivity index (χ1n) is 7.95. The largest absolute Gasteiger partial charge is 0.496 e. The van der Waals surface area contributed by atoms with Crippen molar-refractivity contribution in [3.8, 4) is 17.2 Å². The van der Waals surface area contributed by atoms with Gasteiger partial charge >= 0.3 is 5.97 Å². The van der Waals surface area contributed by atoms with Crippen LogP contribution in [-0.4, -0.2) is 33.2 Å². The maximum atomic E-state index is 12.2. The number of aryl methyl sites for hydroxylation is 1. The molecule has 0 saturated carbocycles. The van der Waals surface area contributed by atoms with Gasteiger partial charge in [0.1, 0.15) is 5.75 Å². The van der Waals surface area contributed by atoms with E-state index in [1.54, 1.807) is 32.4 Å². The van der Waals surface area contributed by atoms with Gasteiger partial charge in [0, 0.05) is 17.2 Å². The molecule has 26 heavy (non-hydrogen) atoms. The van der Waals surface area contributed by atoms with E-state index in [1.807, 2.05) is 31.2 Å². The average Bonchev–Trinajstić information content (AvgIpc) is 3.02. The fourth-order valence-corrected chi connectivity index (χ4v) is 2.54. The van der Waals surface area contributed by atoms with Crippen LogP contribution < -0.4 is 14.2 Å². The zero-order chi connectivity index (χ0) is 18.7. The van der Waals surface area contributed by atoms with Crippen molar-refractivity contribution >= 4 is 17.9 Å². The molecular weight excluding hydrogens is 334 g/mol. The van der Waals surface area contributed by atoms with Gasteiger partial charge in [-0.25, -0.2) is 9.79 Å². The molecule has 0 unspecified atom stereocenters. The Morgan fingerprint density at radius 1 is 0.923 bits per heavy atom. The maximum absolute atomic E-state index is 12.2. The smallest absolute Gasteiger partial charge is 0.363 e. The summed E-state index contributed by atoms with van der Waals surface area (Å²) in [6, 6.07) is 11.0. The van der Waals surface area contributed by atoms with Crippen molar-refractivity contribution in [3.05, 3.63) is 58.8 Å². The highest BCUT2D eigenvalue weighted by molar-refractivity contribution is 6.13. The molecule has 0 aromatic heterocycles. The lowest BCUT2D eigenvalue weighted by Crippen LogP contribution is -2.05. The van der Waals surface area contributed by atoms with Crippen LogP contribution in [0.5, 0.6) is 17.2 Å². The number of esters is 1. The minimum Gasteiger partial charge on any atom is -0.496 e. The predicted octanol–water partition coefficient (Wildman–Crippen LogP) is 3.37. The Bertz CT molecular complexity index is 897. The number of hydrogen-bond donors (Lipinski definition) is 0. The van der Waals surface area contributed by atoms with E-state index in [2.05, 4.69) is 4.99 Å². The van der Waals surface area contributed by atoms with Crippen LogP contribution in [-0.2, 0) is 9.53 Å². The summed E-state index contributed by atoms with van der Waals surface area (Å²) in [6.07, 6.45) is 1.60. The number of cyclic esters (lactones) is 1. The number of rotatable bonds is 5. The minimum atomic E-state index is -0.516. The number of methoxy groups -OCH3 is 3. The van der Waals surface area contributed by atoms with Gasteiger partial charge in [0.2, 0.25) is 5.90 Å². The lowest BCUT2D eigenvalue weighted by molar-refractivity contribution is -0.129. The van der Waals surface area contributed by atoms with Crippen LogP contribution in [0.2, 0.25) is 0 Å². The molecule has 6 nitrogen and oxygen atoms in total. The normalized spacial score (nSPS) is 14.8. The molecule has 0 spiro atoms. The van der Waals surface area contributed by atoms with Gasteiger partial charge in [0.15, 0.2) is 17.2 Å². The van der Waals surface area contributed by atoms with Crippen LogP contribution in [0.3, 0.4) is 0 Å². The fraction of sp³-hybridized carbons (Fsp3) is 0.200. The first-order valence-corrected chi connectivity index (χ1v) is 7.95. The van der Waals surface area contributed by atoms with Crippen LogP contribution in [0.15, 0.2) is 47.1 Å². The molecule has 2 aromatic rings. The standard InChI is InChI=1S/C20H19NO5/c1-12-5-7-13(8-6-12)19-21-15(20(22)26-19)9-14-10-17(24-3)18(25-4)11-16(14)23-2/h5-11H,1-4H3/b15-9-. The first kappa shape index (κ1) is 17.5. The minimum absolute atomic E-state index is 0.186. The van der Waals surface area contributed by atoms with Gasteiger partial charge in [-0.05, 0) is 31.2 Å². The second kappa shape index (κ2) is 7.31. The molecule has 0 atom stereocenters. The zero-order valence-electron chi connectivity index (χ0n) is 15.0.